The Kier molecular flexibility index (Phi) is 14.3. The maximum atomic E-state index is 11.1. The summed E-state index contributed by atoms with van der Waals surface area (Å²) in [5.74, 6) is 2.42. The second kappa shape index (κ2) is 14.3. The molecule has 32 heavy (non-hydrogen) atoms. The summed E-state index contributed by atoms with van der Waals surface area (Å²) in [4.78, 5) is 0. The third-order valence-corrected chi connectivity index (χ3v) is 7.21. The summed E-state index contributed by atoms with van der Waals surface area (Å²) in [6.45, 7) is 24.3. The number of aliphatic hydroxyl groups excluding tert-OH is 3. The highest BCUT2D eigenvalue weighted by atomic mass is 16.3. The molecule has 194 valence electrons. The van der Waals surface area contributed by atoms with Crippen LogP contribution in [0.1, 0.15) is 128 Å². The number of aliphatic hydroxyl groups is 3. The maximum absolute atomic E-state index is 11.1. The molecule has 3 heteroatoms. The van der Waals surface area contributed by atoms with Crippen LogP contribution < -0.4 is 0 Å². The van der Waals surface area contributed by atoms with Crippen LogP contribution in [0.3, 0.4) is 0 Å². The van der Waals surface area contributed by atoms with Crippen LogP contribution in [0.4, 0.5) is 0 Å². The Hall–Kier alpha value is -0.120. The summed E-state index contributed by atoms with van der Waals surface area (Å²) >= 11 is 0. The predicted molar refractivity (Wildman–Crippen MR) is 140 cm³/mol. The molecule has 0 spiro atoms. The highest BCUT2D eigenvalue weighted by Crippen LogP contribution is 2.43. The summed E-state index contributed by atoms with van der Waals surface area (Å²) in [6.07, 6.45) is 6.53. The molecule has 0 aliphatic heterocycles. The topological polar surface area (TPSA) is 60.7 Å². The van der Waals surface area contributed by atoms with Gasteiger partial charge in [-0.15, -0.1) is 0 Å². The molecule has 0 saturated carbocycles. The zero-order valence-corrected chi connectivity index (χ0v) is 23.6. The monoisotopic (exact) mass is 456 g/mol. The highest BCUT2D eigenvalue weighted by Gasteiger charge is 2.40. The molecule has 0 aromatic heterocycles. The molecule has 0 aromatic carbocycles. The standard InChI is InChI=1S/C29H60O3/c1-20(2)13-12-14-24(7)26(31)27(32)29(10,11)19-28(8,9)18-23(6)16-22(5)17-25(30)15-21(3)4/h20-27,30-32H,12-19H2,1-11H3. The van der Waals surface area contributed by atoms with Crippen LogP contribution in [0.25, 0.3) is 0 Å². The Balaban J connectivity index is 4.75. The van der Waals surface area contributed by atoms with Gasteiger partial charge in [0, 0.05) is 0 Å². The van der Waals surface area contributed by atoms with Crippen LogP contribution in [0.5, 0.6) is 0 Å². The Bertz CT molecular complexity index is 483. The van der Waals surface area contributed by atoms with E-state index in [0.717, 1.165) is 44.9 Å². The minimum absolute atomic E-state index is 0.0841. The molecule has 0 bridgehead atoms. The zero-order valence-electron chi connectivity index (χ0n) is 23.6. The van der Waals surface area contributed by atoms with E-state index in [2.05, 4.69) is 76.2 Å². The first-order chi connectivity index (χ1) is 14.5. The van der Waals surface area contributed by atoms with Gasteiger partial charge in [0.1, 0.15) is 0 Å². The van der Waals surface area contributed by atoms with Crippen LogP contribution in [0, 0.1) is 40.4 Å². The van der Waals surface area contributed by atoms with Gasteiger partial charge in [-0.1, -0.05) is 89.0 Å². The number of hydrogen-bond acceptors (Lipinski definition) is 3. The van der Waals surface area contributed by atoms with Crippen LogP contribution in [0.2, 0.25) is 0 Å². The average Bonchev–Trinajstić information content (AvgIpc) is 2.56. The largest absolute Gasteiger partial charge is 0.393 e. The van der Waals surface area contributed by atoms with Crippen molar-refractivity contribution in [2.45, 2.75) is 146 Å². The molecule has 0 fully saturated rings. The first kappa shape index (κ1) is 31.9. The fraction of sp³-hybridized carbons (Fsp3) is 1.00. The number of rotatable bonds is 17. The molecule has 0 aliphatic rings. The molecule has 0 amide bonds. The summed E-state index contributed by atoms with van der Waals surface area (Å²) in [6, 6.07) is 0. The molecule has 3 N–H and O–H groups in total. The van der Waals surface area contributed by atoms with Crippen molar-refractivity contribution >= 4 is 0 Å². The zero-order chi connectivity index (χ0) is 25.3. The first-order valence-electron chi connectivity index (χ1n) is 13.5. The van der Waals surface area contributed by atoms with Crippen molar-refractivity contribution in [3.05, 3.63) is 0 Å². The summed E-state index contributed by atoms with van der Waals surface area (Å²) in [7, 11) is 0. The van der Waals surface area contributed by atoms with Crippen molar-refractivity contribution in [2.24, 2.45) is 40.4 Å². The molecule has 0 rings (SSSR count). The van der Waals surface area contributed by atoms with Gasteiger partial charge in [0.15, 0.2) is 0 Å². The smallest absolute Gasteiger partial charge is 0.0852 e. The normalized spacial score (nSPS) is 19.1. The van der Waals surface area contributed by atoms with Crippen molar-refractivity contribution in [3.63, 3.8) is 0 Å². The lowest BCUT2D eigenvalue weighted by molar-refractivity contribution is -0.0888. The van der Waals surface area contributed by atoms with E-state index in [0.29, 0.717) is 23.7 Å². The molecule has 0 saturated heterocycles. The third-order valence-electron chi connectivity index (χ3n) is 7.21. The van der Waals surface area contributed by atoms with E-state index in [1.807, 2.05) is 0 Å². The van der Waals surface area contributed by atoms with E-state index in [-0.39, 0.29) is 22.9 Å². The van der Waals surface area contributed by atoms with E-state index in [4.69, 9.17) is 0 Å². The minimum Gasteiger partial charge on any atom is -0.393 e. The van der Waals surface area contributed by atoms with Crippen LogP contribution in [-0.2, 0) is 0 Å². The Morgan fingerprint density at radius 3 is 1.72 bits per heavy atom. The molecule has 3 nitrogen and oxygen atoms in total. The van der Waals surface area contributed by atoms with Crippen molar-refractivity contribution in [1.82, 2.24) is 0 Å². The van der Waals surface area contributed by atoms with E-state index in [1.165, 1.54) is 6.42 Å². The van der Waals surface area contributed by atoms with Crippen LogP contribution >= 0.6 is 0 Å². The van der Waals surface area contributed by atoms with Gasteiger partial charge in [-0.2, -0.15) is 0 Å². The van der Waals surface area contributed by atoms with E-state index in [9.17, 15) is 15.3 Å². The minimum atomic E-state index is -0.712. The number of hydrogen-bond donors (Lipinski definition) is 3. The fourth-order valence-corrected chi connectivity index (χ4v) is 6.12. The Morgan fingerprint density at radius 2 is 1.22 bits per heavy atom. The van der Waals surface area contributed by atoms with Gasteiger partial charge in [0.2, 0.25) is 0 Å². The lowest BCUT2D eigenvalue weighted by Crippen LogP contribution is -2.45. The Labute approximate surface area is 201 Å². The van der Waals surface area contributed by atoms with Gasteiger partial charge >= 0.3 is 0 Å². The van der Waals surface area contributed by atoms with Crippen LogP contribution in [-0.4, -0.2) is 33.6 Å². The van der Waals surface area contributed by atoms with E-state index in [1.54, 1.807) is 0 Å². The molecule has 0 aromatic rings. The lowest BCUT2D eigenvalue weighted by Gasteiger charge is -2.42. The average molecular weight is 457 g/mol. The lowest BCUT2D eigenvalue weighted by atomic mass is 9.66. The molecule has 0 radical (unpaired) electrons. The summed E-state index contributed by atoms with van der Waals surface area (Å²) in [5, 5.41) is 32.2. The highest BCUT2D eigenvalue weighted by molar-refractivity contribution is 4.90. The fourth-order valence-electron chi connectivity index (χ4n) is 6.12. The predicted octanol–water partition coefficient (Wildman–Crippen LogP) is 7.46. The van der Waals surface area contributed by atoms with E-state index >= 15 is 0 Å². The van der Waals surface area contributed by atoms with Crippen LogP contribution in [0.15, 0.2) is 0 Å². The maximum Gasteiger partial charge on any atom is 0.0852 e. The molecule has 0 heterocycles. The molecular formula is C29H60O3. The first-order valence-corrected chi connectivity index (χ1v) is 13.5. The van der Waals surface area contributed by atoms with Gasteiger partial charge in [-0.3, -0.25) is 0 Å². The Morgan fingerprint density at radius 1 is 0.656 bits per heavy atom. The van der Waals surface area contributed by atoms with Crippen molar-refractivity contribution in [1.29, 1.82) is 0 Å². The summed E-state index contributed by atoms with van der Waals surface area (Å²) in [5.41, 5.74) is -0.255. The van der Waals surface area contributed by atoms with Crippen molar-refractivity contribution < 1.29 is 15.3 Å². The van der Waals surface area contributed by atoms with Crippen molar-refractivity contribution in [2.75, 3.05) is 0 Å². The SMILES string of the molecule is CC(C)CCCC(C)C(O)C(O)C(C)(C)CC(C)(C)CC(C)CC(C)CC(O)CC(C)C. The molecule has 6 unspecified atom stereocenters. The quantitative estimate of drug-likeness (QED) is 0.213. The molecular weight excluding hydrogens is 396 g/mol. The molecule has 0 aliphatic carbocycles. The third kappa shape index (κ3) is 13.6. The van der Waals surface area contributed by atoms with Gasteiger partial charge < -0.3 is 15.3 Å². The van der Waals surface area contributed by atoms with Crippen molar-refractivity contribution in [3.8, 4) is 0 Å². The van der Waals surface area contributed by atoms with Gasteiger partial charge in [-0.05, 0) is 78.9 Å². The van der Waals surface area contributed by atoms with Gasteiger partial charge in [0.25, 0.3) is 0 Å². The second-order valence-electron chi connectivity index (χ2n) is 13.7. The van der Waals surface area contributed by atoms with Gasteiger partial charge in [0.05, 0.1) is 18.3 Å². The van der Waals surface area contributed by atoms with E-state index < -0.39 is 12.2 Å². The summed E-state index contributed by atoms with van der Waals surface area (Å²) < 4.78 is 0. The van der Waals surface area contributed by atoms with Gasteiger partial charge in [-0.25, -0.2) is 0 Å². The second-order valence-corrected chi connectivity index (χ2v) is 13.7. The molecule has 6 atom stereocenters.